The molecule has 0 aliphatic rings. The number of carbonyl (C=O) groups excluding carboxylic acids is 1. The SMILES string of the molecule is CCOC(=O)C(O)(CC)C(C)c1ccc(F)c(F)c1. The van der Waals surface area contributed by atoms with Gasteiger partial charge in [-0.3, -0.25) is 0 Å². The van der Waals surface area contributed by atoms with Crippen molar-refractivity contribution in [2.24, 2.45) is 0 Å². The molecule has 0 bridgehead atoms. The van der Waals surface area contributed by atoms with E-state index in [1.807, 2.05) is 0 Å². The van der Waals surface area contributed by atoms with Crippen molar-refractivity contribution in [1.82, 2.24) is 0 Å². The molecule has 0 amide bonds. The molecule has 2 unspecified atom stereocenters. The van der Waals surface area contributed by atoms with Crippen molar-refractivity contribution in [3.8, 4) is 0 Å². The summed E-state index contributed by atoms with van der Waals surface area (Å²) in [4.78, 5) is 11.8. The van der Waals surface area contributed by atoms with E-state index in [2.05, 4.69) is 0 Å². The summed E-state index contributed by atoms with van der Waals surface area (Å²) in [5.74, 6) is -3.43. The van der Waals surface area contributed by atoms with Gasteiger partial charge in [-0.15, -0.1) is 0 Å². The lowest BCUT2D eigenvalue weighted by Crippen LogP contribution is -2.44. The van der Waals surface area contributed by atoms with Crippen LogP contribution in [0.1, 0.15) is 38.7 Å². The maximum absolute atomic E-state index is 13.2. The number of benzene rings is 1. The summed E-state index contributed by atoms with van der Waals surface area (Å²) in [5.41, 5.74) is -1.41. The van der Waals surface area contributed by atoms with Crippen molar-refractivity contribution < 1.29 is 23.4 Å². The number of halogens is 2. The van der Waals surface area contributed by atoms with Crippen LogP contribution in [0.15, 0.2) is 18.2 Å². The summed E-state index contributed by atoms with van der Waals surface area (Å²) in [6.07, 6.45) is 0.117. The lowest BCUT2D eigenvalue weighted by Gasteiger charge is -2.31. The minimum atomic E-state index is -1.75. The normalized spacial score (nSPS) is 15.7. The predicted molar refractivity (Wildman–Crippen MR) is 66.6 cm³/mol. The van der Waals surface area contributed by atoms with Crippen LogP contribution in [-0.2, 0) is 9.53 Å². The molecule has 5 heteroatoms. The van der Waals surface area contributed by atoms with E-state index < -0.39 is 29.1 Å². The first-order chi connectivity index (χ1) is 8.86. The van der Waals surface area contributed by atoms with E-state index in [-0.39, 0.29) is 13.0 Å². The minimum Gasteiger partial charge on any atom is -0.464 e. The molecular formula is C14H18F2O3. The standard InChI is InChI=1S/C14H18F2O3/c1-4-14(18,13(17)19-5-2)9(3)10-6-7-11(15)12(16)8-10/h6-9,18H,4-5H2,1-3H3. The molecule has 1 N–H and O–H groups in total. The second-order valence-corrected chi connectivity index (χ2v) is 4.39. The van der Waals surface area contributed by atoms with Gasteiger partial charge >= 0.3 is 5.97 Å². The molecule has 19 heavy (non-hydrogen) atoms. The molecule has 0 saturated carbocycles. The van der Waals surface area contributed by atoms with Crippen LogP contribution in [0.2, 0.25) is 0 Å². The topological polar surface area (TPSA) is 46.5 Å². The smallest absolute Gasteiger partial charge is 0.338 e. The fourth-order valence-electron chi connectivity index (χ4n) is 1.94. The highest BCUT2D eigenvalue weighted by Crippen LogP contribution is 2.32. The van der Waals surface area contributed by atoms with Crippen LogP contribution >= 0.6 is 0 Å². The number of hydrogen-bond donors (Lipinski definition) is 1. The Morgan fingerprint density at radius 2 is 2.00 bits per heavy atom. The quantitative estimate of drug-likeness (QED) is 0.838. The van der Waals surface area contributed by atoms with Crippen LogP contribution in [0.5, 0.6) is 0 Å². The molecule has 0 aromatic heterocycles. The summed E-state index contributed by atoms with van der Waals surface area (Å²) < 4.78 is 30.9. The lowest BCUT2D eigenvalue weighted by atomic mass is 9.81. The van der Waals surface area contributed by atoms with Crippen LogP contribution in [0.3, 0.4) is 0 Å². The van der Waals surface area contributed by atoms with E-state index in [1.54, 1.807) is 20.8 Å². The zero-order valence-electron chi connectivity index (χ0n) is 11.2. The zero-order chi connectivity index (χ0) is 14.6. The highest BCUT2D eigenvalue weighted by atomic mass is 19.2. The summed E-state index contributed by atoms with van der Waals surface area (Å²) in [6, 6.07) is 3.31. The number of ether oxygens (including phenoxy) is 1. The van der Waals surface area contributed by atoms with E-state index in [4.69, 9.17) is 4.74 Å². The van der Waals surface area contributed by atoms with Gasteiger partial charge in [0.15, 0.2) is 17.2 Å². The molecule has 0 radical (unpaired) electrons. The zero-order valence-corrected chi connectivity index (χ0v) is 11.2. The average molecular weight is 272 g/mol. The van der Waals surface area contributed by atoms with Crippen molar-refractivity contribution in [2.75, 3.05) is 6.61 Å². The first-order valence-corrected chi connectivity index (χ1v) is 6.21. The van der Waals surface area contributed by atoms with Crippen LogP contribution in [0.25, 0.3) is 0 Å². The first kappa shape index (κ1) is 15.6. The molecule has 0 aliphatic heterocycles. The van der Waals surface area contributed by atoms with Gasteiger partial charge in [-0.1, -0.05) is 19.9 Å². The molecule has 0 aliphatic carbocycles. The Morgan fingerprint density at radius 3 is 2.47 bits per heavy atom. The van der Waals surface area contributed by atoms with Gasteiger partial charge in [0.1, 0.15) is 0 Å². The second-order valence-electron chi connectivity index (χ2n) is 4.39. The van der Waals surface area contributed by atoms with Crippen LogP contribution in [-0.4, -0.2) is 23.3 Å². The Balaban J connectivity index is 3.10. The number of hydrogen-bond acceptors (Lipinski definition) is 3. The summed E-state index contributed by atoms with van der Waals surface area (Å²) >= 11 is 0. The molecule has 3 nitrogen and oxygen atoms in total. The van der Waals surface area contributed by atoms with Gasteiger partial charge < -0.3 is 9.84 Å². The Bertz CT molecular complexity index is 462. The Kier molecular flexibility index (Phi) is 5.00. The third kappa shape index (κ3) is 3.10. The fourth-order valence-corrected chi connectivity index (χ4v) is 1.94. The van der Waals surface area contributed by atoms with E-state index in [0.717, 1.165) is 12.1 Å². The molecule has 1 rings (SSSR count). The largest absolute Gasteiger partial charge is 0.464 e. The van der Waals surface area contributed by atoms with Crippen molar-refractivity contribution in [3.05, 3.63) is 35.4 Å². The second kappa shape index (κ2) is 6.10. The number of rotatable bonds is 5. The van der Waals surface area contributed by atoms with Crippen molar-refractivity contribution >= 4 is 5.97 Å². The number of esters is 1. The Morgan fingerprint density at radius 1 is 1.37 bits per heavy atom. The van der Waals surface area contributed by atoms with E-state index in [0.29, 0.717) is 5.56 Å². The van der Waals surface area contributed by atoms with Crippen LogP contribution in [0, 0.1) is 11.6 Å². The van der Waals surface area contributed by atoms with Gasteiger partial charge in [0.2, 0.25) is 0 Å². The first-order valence-electron chi connectivity index (χ1n) is 6.21. The van der Waals surface area contributed by atoms with Gasteiger partial charge in [0.05, 0.1) is 6.61 Å². The van der Waals surface area contributed by atoms with Crippen molar-refractivity contribution in [3.63, 3.8) is 0 Å². The van der Waals surface area contributed by atoms with E-state index in [9.17, 15) is 18.7 Å². The van der Waals surface area contributed by atoms with Gasteiger partial charge in [-0.05, 0) is 31.0 Å². The van der Waals surface area contributed by atoms with Gasteiger partial charge in [0.25, 0.3) is 0 Å². The summed E-state index contributed by atoms with van der Waals surface area (Å²) in [7, 11) is 0. The molecule has 0 saturated heterocycles. The van der Waals surface area contributed by atoms with Gasteiger partial charge in [-0.25, -0.2) is 13.6 Å². The van der Waals surface area contributed by atoms with Crippen molar-refractivity contribution in [1.29, 1.82) is 0 Å². The molecule has 0 fully saturated rings. The maximum atomic E-state index is 13.2. The predicted octanol–water partition coefficient (Wildman–Crippen LogP) is 2.77. The average Bonchev–Trinajstić information content (AvgIpc) is 2.40. The Labute approximate surface area is 111 Å². The molecule has 0 heterocycles. The number of carbonyl (C=O) groups is 1. The summed E-state index contributed by atoms with van der Waals surface area (Å²) in [5, 5.41) is 10.4. The van der Waals surface area contributed by atoms with E-state index >= 15 is 0 Å². The van der Waals surface area contributed by atoms with Crippen LogP contribution < -0.4 is 0 Å². The van der Waals surface area contributed by atoms with Gasteiger partial charge in [0, 0.05) is 5.92 Å². The molecule has 106 valence electrons. The Hall–Kier alpha value is -1.49. The van der Waals surface area contributed by atoms with Crippen molar-refractivity contribution in [2.45, 2.75) is 38.7 Å². The molecule has 2 atom stereocenters. The monoisotopic (exact) mass is 272 g/mol. The fraction of sp³-hybridized carbons (Fsp3) is 0.500. The highest BCUT2D eigenvalue weighted by molar-refractivity contribution is 5.80. The molecular weight excluding hydrogens is 254 g/mol. The van der Waals surface area contributed by atoms with E-state index in [1.165, 1.54) is 6.07 Å². The maximum Gasteiger partial charge on any atom is 0.338 e. The summed E-state index contributed by atoms with van der Waals surface area (Å²) in [6.45, 7) is 4.99. The molecule has 1 aromatic rings. The number of aliphatic hydroxyl groups is 1. The molecule has 1 aromatic carbocycles. The minimum absolute atomic E-state index is 0.117. The third-order valence-electron chi connectivity index (χ3n) is 3.33. The highest BCUT2D eigenvalue weighted by Gasteiger charge is 2.42. The lowest BCUT2D eigenvalue weighted by molar-refractivity contribution is -0.167. The van der Waals surface area contributed by atoms with Gasteiger partial charge in [-0.2, -0.15) is 0 Å². The molecule has 0 spiro atoms. The van der Waals surface area contributed by atoms with Crippen LogP contribution in [0.4, 0.5) is 8.78 Å². The third-order valence-corrected chi connectivity index (χ3v) is 3.33.